The fraction of sp³-hybridized carbons (Fsp3) is 0.429. The second-order valence-electron chi connectivity index (χ2n) is 4.63. The molecule has 0 spiro atoms. The lowest BCUT2D eigenvalue weighted by molar-refractivity contribution is -0.140. The molecule has 1 amide bonds. The van der Waals surface area contributed by atoms with Gasteiger partial charge in [-0.1, -0.05) is 12.1 Å². The lowest BCUT2D eigenvalue weighted by atomic mass is 10.1. The summed E-state index contributed by atoms with van der Waals surface area (Å²) < 4.78 is 5.18. The summed E-state index contributed by atoms with van der Waals surface area (Å²) in [5, 5.41) is 11.2. The van der Waals surface area contributed by atoms with E-state index >= 15 is 0 Å². The average Bonchev–Trinajstić information content (AvgIpc) is 2.38. The number of benzene rings is 1. The zero-order chi connectivity index (χ0) is 15.1. The second kappa shape index (κ2) is 7.49. The monoisotopic (exact) mass is 280 g/mol. The van der Waals surface area contributed by atoms with Crippen LogP contribution in [-0.2, 0) is 9.59 Å². The molecule has 2 N–H and O–H groups in total. The number of methoxy groups -OCH3 is 1. The molecule has 1 atom stereocenters. The van der Waals surface area contributed by atoms with Crippen LogP contribution in [0.1, 0.15) is 18.0 Å². The molecule has 1 aromatic rings. The molecule has 0 aliphatic carbocycles. The van der Waals surface area contributed by atoms with Crippen molar-refractivity contribution >= 4 is 11.9 Å². The van der Waals surface area contributed by atoms with Crippen molar-refractivity contribution in [2.45, 2.75) is 12.5 Å². The van der Waals surface area contributed by atoms with Crippen LogP contribution in [0.15, 0.2) is 24.3 Å². The first kappa shape index (κ1) is 16.0. The van der Waals surface area contributed by atoms with Gasteiger partial charge in [-0.15, -0.1) is 0 Å². The molecule has 0 fully saturated rings. The summed E-state index contributed by atoms with van der Waals surface area (Å²) in [5.74, 6) is -0.885. The molecule has 6 nitrogen and oxygen atoms in total. The topological polar surface area (TPSA) is 78.9 Å². The van der Waals surface area contributed by atoms with E-state index in [4.69, 9.17) is 9.84 Å². The fourth-order valence-electron chi connectivity index (χ4n) is 1.86. The van der Waals surface area contributed by atoms with E-state index in [0.717, 1.165) is 11.3 Å². The first-order valence-corrected chi connectivity index (χ1v) is 6.23. The van der Waals surface area contributed by atoms with Crippen LogP contribution in [0.3, 0.4) is 0 Å². The Balaban J connectivity index is 2.73. The van der Waals surface area contributed by atoms with Crippen molar-refractivity contribution in [1.82, 2.24) is 10.2 Å². The van der Waals surface area contributed by atoms with Crippen LogP contribution in [0, 0.1) is 0 Å². The molecule has 0 aliphatic rings. The number of amides is 1. The molecule has 0 aliphatic heterocycles. The third kappa shape index (κ3) is 4.89. The molecule has 0 aromatic heterocycles. The highest BCUT2D eigenvalue weighted by Crippen LogP contribution is 2.22. The summed E-state index contributed by atoms with van der Waals surface area (Å²) >= 11 is 0. The van der Waals surface area contributed by atoms with Crippen LogP contribution in [0.25, 0.3) is 0 Å². The number of carboxylic acid groups (broad SMARTS) is 1. The van der Waals surface area contributed by atoms with Gasteiger partial charge in [-0.2, -0.15) is 0 Å². The lowest BCUT2D eigenvalue weighted by Gasteiger charge is -2.25. The summed E-state index contributed by atoms with van der Waals surface area (Å²) in [6, 6.07) is 7.51. The van der Waals surface area contributed by atoms with Gasteiger partial charge in [0.25, 0.3) is 0 Å². The summed E-state index contributed by atoms with van der Waals surface area (Å²) in [4.78, 5) is 23.8. The van der Waals surface area contributed by atoms with Gasteiger partial charge in [0.05, 0.1) is 13.2 Å². The number of hydrogen-bond acceptors (Lipinski definition) is 4. The van der Waals surface area contributed by atoms with Gasteiger partial charge in [-0.25, -0.2) is 0 Å². The van der Waals surface area contributed by atoms with E-state index in [-0.39, 0.29) is 6.04 Å². The van der Waals surface area contributed by atoms with Crippen LogP contribution in [0.4, 0.5) is 0 Å². The van der Waals surface area contributed by atoms with Gasteiger partial charge < -0.3 is 20.1 Å². The molecule has 0 heterocycles. The van der Waals surface area contributed by atoms with E-state index < -0.39 is 18.3 Å². The van der Waals surface area contributed by atoms with Gasteiger partial charge in [0.1, 0.15) is 12.2 Å². The number of aliphatic carboxylic acids is 1. The van der Waals surface area contributed by atoms with E-state index in [0.29, 0.717) is 6.54 Å². The van der Waals surface area contributed by atoms with E-state index in [1.165, 1.54) is 0 Å². The van der Waals surface area contributed by atoms with Crippen LogP contribution >= 0.6 is 0 Å². The third-order valence-electron chi connectivity index (χ3n) is 2.91. The van der Waals surface area contributed by atoms with E-state index in [1.54, 1.807) is 7.11 Å². The second-order valence-corrected chi connectivity index (χ2v) is 4.63. The largest absolute Gasteiger partial charge is 0.497 e. The highest BCUT2D eigenvalue weighted by molar-refractivity contribution is 5.93. The first-order valence-electron chi connectivity index (χ1n) is 6.23. The van der Waals surface area contributed by atoms with Crippen molar-refractivity contribution in [3.63, 3.8) is 0 Å². The van der Waals surface area contributed by atoms with Gasteiger partial charge in [0, 0.05) is 6.54 Å². The lowest BCUT2D eigenvalue weighted by Crippen LogP contribution is -2.35. The molecule has 20 heavy (non-hydrogen) atoms. The number of carboxylic acids is 1. The molecule has 1 aromatic carbocycles. The number of ether oxygens (including phenoxy) is 1. The van der Waals surface area contributed by atoms with Crippen molar-refractivity contribution in [3.05, 3.63) is 29.8 Å². The van der Waals surface area contributed by atoms with E-state index in [2.05, 4.69) is 5.32 Å². The first-order chi connectivity index (χ1) is 9.43. The van der Waals surface area contributed by atoms with Crippen molar-refractivity contribution in [3.8, 4) is 5.75 Å². The van der Waals surface area contributed by atoms with Crippen LogP contribution in [-0.4, -0.2) is 49.6 Å². The van der Waals surface area contributed by atoms with Crippen molar-refractivity contribution in [2.24, 2.45) is 0 Å². The van der Waals surface area contributed by atoms with Crippen molar-refractivity contribution in [2.75, 3.05) is 27.7 Å². The molecule has 0 saturated carbocycles. The Morgan fingerprint density at radius 3 is 2.65 bits per heavy atom. The highest BCUT2D eigenvalue weighted by atomic mass is 16.5. The van der Waals surface area contributed by atoms with Gasteiger partial charge in [0.15, 0.2) is 0 Å². The molecule has 0 saturated heterocycles. The Bertz CT molecular complexity index is 474. The number of hydrogen-bond donors (Lipinski definition) is 2. The van der Waals surface area contributed by atoms with Gasteiger partial charge >= 0.3 is 5.97 Å². The number of carbonyl (C=O) groups is 2. The highest BCUT2D eigenvalue weighted by Gasteiger charge is 2.16. The Kier molecular flexibility index (Phi) is 5.99. The third-order valence-corrected chi connectivity index (χ3v) is 2.91. The molecule has 0 bridgehead atoms. The summed E-state index contributed by atoms with van der Waals surface area (Å²) in [6.07, 6.45) is -0.516. The van der Waals surface area contributed by atoms with Crippen LogP contribution < -0.4 is 10.1 Å². The van der Waals surface area contributed by atoms with Crippen LogP contribution in [0.2, 0.25) is 0 Å². The maximum Gasteiger partial charge on any atom is 0.312 e. The molecular formula is C14H20N2O4. The molecule has 1 unspecified atom stereocenters. The van der Waals surface area contributed by atoms with Gasteiger partial charge in [-0.3, -0.25) is 9.59 Å². The molecule has 0 radical (unpaired) electrons. The standard InChI is InChI=1S/C14H20N2O4/c1-16(2)12(9-15-13(17)8-14(18)19)10-5-4-6-11(7-10)20-3/h4-7,12H,8-9H2,1-3H3,(H,15,17)(H,18,19). The number of nitrogens with zero attached hydrogens (tertiary/aromatic N) is 1. The quantitative estimate of drug-likeness (QED) is 0.725. The van der Waals surface area contributed by atoms with Gasteiger partial charge in [0.2, 0.25) is 5.91 Å². The van der Waals surface area contributed by atoms with Crippen molar-refractivity contribution < 1.29 is 19.4 Å². The van der Waals surface area contributed by atoms with Crippen molar-refractivity contribution in [1.29, 1.82) is 0 Å². The Morgan fingerprint density at radius 2 is 2.10 bits per heavy atom. The zero-order valence-corrected chi connectivity index (χ0v) is 11.9. The summed E-state index contributed by atoms with van der Waals surface area (Å²) in [6.45, 7) is 0.340. The smallest absolute Gasteiger partial charge is 0.312 e. The Hall–Kier alpha value is -2.08. The predicted molar refractivity (Wildman–Crippen MR) is 74.7 cm³/mol. The van der Waals surface area contributed by atoms with E-state index in [9.17, 15) is 9.59 Å². The number of carbonyl (C=O) groups excluding carboxylic acids is 1. The summed E-state index contributed by atoms with van der Waals surface area (Å²) in [5.41, 5.74) is 0.991. The zero-order valence-electron chi connectivity index (χ0n) is 11.9. The minimum absolute atomic E-state index is 0.0529. The van der Waals surface area contributed by atoms with Crippen LogP contribution in [0.5, 0.6) is 5.75 Å². The predicted octanol–water partition coefficient (Wildman–Crippen LogP) is 0.889. The Morgan fingerprint density at radius 1 is 1.40 bits per heavy atom. The number of nitrogens with one attached hydrogen (secondary N) is 1. The molecule has 6 heteroatoms. The minimum Gasteiger partial charge on any atom is -0.497 e. The summed E-state index contributed by atoms with van der Waals surface area (Å²) in [7, 11) is 5.39. The number of likely N-dealkylation sites (N-methyl/N-ethyl adjacent to an activating group) is 1. The van der Waals surface area contributed by atoms with E-state index in [1.807, 2.05) is 43.3 Å². The SMILES string of the molecule is COc1cccc(C(CNC(=O)CC(=O)O)N(C)C)c1. The number of rotatable bonds is 7. The average molecular weight is 280 g/mol. The maximum absolute atomic E-state index is 11.4. The molecule has 110 valence electrons. The normalized spacial score (nSPS) is 12.0. The van der Waals surface area contributed by atoms with Gasteiger partial charge in [-0.05, 0) is 31.8 Å². The minimum atomic E-state index is -1.13. The molecular weight excluding hydrogens is 260 g/mol. The maximum atomic E-state index is 11.4. The molecule has 1 rings (SSSR count). The fourth-order valence-corrected chi connectivity index (χ4v) is 1.86. The Labute approximate surface area is 118 Å².